The minimum Gasteiger partial charge on any atom is -0.396 e. The molecule has 128 valence electrons. The van der Waals surface area contributed by atoms with E-state index >= 15 is 0 Å². The van der Waals surface area contributed by atoms with Crippen molar-refractivity contribution >= 4 is 5.78 Å². The first-order chi connectivity index (χ1) is 11.4. The molecule has 0 fully saturated rings. The maximum atomic E-state index is 13.4. The zero-order valence-corrected chi connectivity index (χ0v) is 14.4. The van der Waals surface area contributed by atoms with Gasteiger partial charge in [-0.15, -0.1) is 0 Å². The Morgan fingerprint density at radius 2 is 1.79 bits per heavy atom. The molecule has 0 amide bonds. The number of aliphatic hydroxyl groups is 1. The van der Waals surface area contributed by atoms with E-state index in [0.717, 1.165) is 11.1 Å². The number of hydrogen-bond donors (Lipinski definition) is 1. The van der Waals surface area contributed by atoms with Crippen LogP contribution >= 0.6 is 0 Å². The predicted octanol–water partition coefficient (Wildman–Crippen LogP) is 3.26. The molecule has 0 aromatic heterocycles. The summed E-state index contributed by atoms with van der Waals surface area (Å²) in [5.74, 6) is -0.343. The van der Waals surface area contributed by atoms with Crippen molar-refractivity contribution in [3.05, 3.63) is 70.5 Å². The monoisotopic (exact) mass is 329 g/mol. The molecule has 1 aliphatic rings. The van der Waals surface area contributed by atoms with E-state index in [0.29, 0.717) is 24.0 Å². The van der Waals surface area contributed by atoms with Crippen LogP contribution in [0.25, 0.3) is 0 Å². The number of ketones is 1. The fraction of sp³-hybridized carbons (Fsp3) is 0.350. The van der Waals surface area contributed by atoms with E-state index in [4.69, 9.17) is 0 Å². The lowest BCUT2D eigenvalue weighted by molar-refractivity contribution is 0.103. The topological polar surface area (TPSA) is 40.5 Å². The third kappa shape index (κ3) is 4.28. The summed E-state index contributed by atoms with van der Waals surface area (Å²) in [6, 6.07) is 11.8. The van der Waals surface area contributed by atoms with Gasteiger partial charge in [-0.05, 0) is 69.2 Å². The Morgan fingerprint density at radius 3 is 2.46 bits per heavy atom. The molecule has 24 heavy (non-hydrogen) atoms. The van der Waals surface area contributed by atoms with Crippen LogP contribution in [0.4, 0.5) is 4.39 Å². The number of nitrogens with zero attached hydrogens (tertiary/aromatic N) is 1. The van der Waals surface area contributed by atoms with Crippen molar-refractivity contribution in [2.75, 3.05) is 27.7 Å². The zero-order chi connectivity index (χ0) is 17.7. The largest absolute Gasteiger partial charge is 0.396 e. The number of aliphatic hydroxyl groups excluding tert-OH is 1. The molecule has 2 aromatic rings. The lowest BCUT2D eigenvalue weighted by Gasteiger charge is -2.16. The van der Waals surface area contributed by atoms with Crippen LogP contribution in [0, 0.1) is 5.82 Å². The van der Waals surface area contributed by atoms with E-state index < -0.39 is 0 Å². The quantitative estimate of drug-likeness (QED) is 0.919. The molecular formula is C20H24FNO2. The van der Waals surface area contributed by atoms with Crippen LogP contribution < -0.4 is 0 Å². The first-order valence-corrected chi connectivity index (χ1v) is 8.08. The molecule has 0 bridgehead atoms. The average molecular weight is 329 g/mol. The Labute approximate surface area is 142 Å². The molecule has 0 heterocycles. The molecule has 0 saturated heterocycles. The van der Waals surface area contributed by atoms with Gasteiger partial charge in [-0.25, -0.2) is 4.39 Å². The highest BCUT2D eigenvalue weighted by molar-refractivity contribution is 6.11. The highest BCUT2D eigenvalue weighted by Crippen LogP contribution is 2.34. The number of halogens is 1. The molecule has 3 nitrogen and oxygen atoms in total. The van der Waals surface area contributed by atoms with Gasteiger partial charge in [0, 0.05) is 17.7 Å². The van der Waals surface area contributed by atoms with Gasteiger partial charge >= 0.3 is 0 Å². The lowest BCUT2D eigenvalue weighted by Crippen LogP contribution is -2.06. The van der Waals surface area contributed by atoms with E-state index in [9.17, 15) is 14.3 Å². The summed E-state index contributed by atoms with van der Waals surface area (Å²) in [4.78, 5) is 14.6. The lowest BCUT2D eigenvalue weighted by atomic mass is 9.89. The highest BCUT2D eigenvalue weighted by atomic mass is 19.1. The fourth-order valence-electron chi connectivity index (χ4n) is 2.95. The van der Waals surface area contributed by atoms with Crippen LogP contribution in [0.15, 0.2) is 42.5 Å². The summed E-state index contributed by atoms with van der Waals surface area (Å²) in [7, 11) is 6.00. The first-order valence-electron chi connectivity index (χ1n) is 8.08. The van der Waals surface area contributed by atoms with Gasteiger partial charge in [0.15, 0.2) is 5.78 Å². The van der Waals surface area contributed by atoms with Gasteiger partial charge in [-0.2, -0.15) is 0 Å². The summed E-state index contributed by atoms with van der Waals surface area (Å²) < 4.78 is 13.4. The van der Waals surface area contributed by atoms with Crippen molar-refractivity contribution in [1.82, 2.24) is 4.90 Å². The number of carbonyl (C=O) groups is 1. The van der Waals surface area contributed by atoms with Gasteiger partial charge in [-0.3, -0.25) is 4.79 Å². The summed E-state index contributed by atoms with van der Waals surface area (Å²) >= 11 is 0. The molecule has 4 heteroatoms. The molecule has 1 aliphatic carbocycles. The van der Waals surface area contributed by atoms with Crippen LogP contribution in [0.1, 0.15) is 39.4 Å². The zero-order valence-electron chi connectivity index (χ0n) is 14.4. The van der Waals surface area contributed by atoms with Crippen molar-refractivity contribution in [2.24, 2.45) is 0 Å². The molecule has 3 rings (SSSR count). The number of hydrogen-bond acceptors (Lipinski definition) is 3. The van der Waals surface area contributed by atoms with Gasteiger partial charge in [0.2, 0.25) is 0 Å². The Bertz CT molecular complexity index is 710. The maximum absolute atomic E-state index is 13.4. The van der Waals surface area contributed by atoms with Gasteiger partial charge in [0.05, 0.1) is 0 Å². The van der Waals surface area contributed by atoms with Crippen molar-refractivity contribution in [3.63, 3.8) is 0 Å². The Morgan fingerprint density at radius 1 is 1.12 bits per heavy atom. The smallest absolute Gasteiger partial charge is 0.193 e. The van der Waals surface area contributed by atoms with Crippen LogP contribution in [0.3, 0.4) is 0 Å². The SMILES string of the molecule is CN(C)C.O=C1c2ccc(F)cc2CC(CCO)c2ccccc21. The molecular weight excluding hydrogens is 305 g/mol. The second kappa shape index (κ2) is 8.18. The second-order valence-corrected chi connectivity index (χ2v) is 6.47. The van der Waals surface area contributed by atoms with Crippen molar-refractivity contribution < 1.29 is 14.3 Å². The average Bonchev–Trinajstić information content (AvgIpc) is 2.63. The molecule has 1 unspecified atom stereocenters. The predicted molar refractivity (Wildman–Crippen MR) is 94.0 cm³/mol. The van der Waals surface area contributed by atoms with Crippen LogP contribution in [0.5, 0.6) is 0 Å². The van der Waals surface area contributed by atoms with Gasteiger partial charge in [0.25, 0.3) is 0 Å². The minimum absolute atomic E-state index is 0.0446. The maximum Gasteiger partial charge on any atom is 0.193 e. The molecule has 0 saturated carbocycles. The number of benzene rings is 2. The fourth-order valence-corrected chi connectivity index (χ4v) is 2.95. The second-order valence-electron chi connectivity index (χ2n) is 6.47. The third-order valence-electron chi connectivity index (χ3n) is 3.90. The Balaban J connectivity index is 0.000000471. The summed E-state index contributed by atoms with van der Waals surface area (Å²) in [5.41, 5.74) is 2.91. The Hall–Kier alpha value is -2.04. The van der Waals surface area contributed by atoms with Crippen molar-refractivity contribution in [3.8, 4) is 0 Å². The summed E-state index contributed by atoms with van der Waals surface area (Å²) in [5, 5.41) is 9.25. The Kier molecular flexibility index (Phi) is 6.23. The normalized spacial score (nSPS) is 15.9. The van der Waals surface area contributed by atoms with Gasteiger partial charge in [0.1, 0.15) is 5.82 Å². The van der Waals surface area contributed by atoms with Crippen LogP contribution in [0.2, 0.25) is 0 Å². The standard InChI is InChI=1S/C17H15FO2.C3H9N/c18-13-5-6-15-12(10-13)9-11(7-8-19)14-3-1-2-4-16(14)17(15)20;1-4(2)3/h1-6,10-11,19H,7-9H2;1-3H3. The van der Waals surface area contributed by atoms with E-state index in [1.807, 2.05) is 44.2 Å². The van der Waals surface area contributed by atoms with E-state index in [2.05, 4.69) is 0 Å². The van der Waals surface area contributed by atoms with E-state index in [1.54, 1.807) is 12.1 Å². The minimum atomic E-state index is -0.328. The molecule has 0 spiro atoms. The molecule has 1 atom stereocenters. The van der Waals surface area contributed by atoms with Crippen LogP contribution in [-0.2, 0) is 6.42 Å². The van der Waals surface area contributed by atoms with Gasteiger partial charge in [-0.1, -0.05) is 24.3 Å². The summed E-state index contributed by atoms with van der Waals surface area (Å²) in [6.07, 6.45) is 1.15. The number of rotatable bonds is 2. The molecule has 1 N–H and O–H groups in total. The number of carbonyl (C=O) groups excluding carboxylic acids is 1. The summed E-state index contributed by atoms with van der Waals surface area (Å²) in [6.45, 7) is 0.0534. The highest BCUT2D eigenvalue weighted by Gasteiger charge is 2.26. The van der Waals surface area contributed by atoms with Crippen molar-refractivity contribution in [1.29, 1.82) is 0 Å². The van der Waals surface area contributed by atoms with E-state index in [-0.39, 0.29) is 24.1 Å². The first kappa shape index (κ1) is 18.3. The molecule has 0 aliphatic heterocycles. The van der Waals surface area contributed by atoms with Crippen molar-refractivity contribution in [2.45, 2.75) is 18.8 Å². The molecule has 2 aromatic carbocycles. The number of fused-ring (bicyclic) bond motifs is 2. The van der Waals surface area contributed by atoms with Gasteiger partial charge < -0.3 is 10.0 Å². The van der Waals surface area contributed by atoms with Crippen LogP contribution in [-0.4, -0.2) is 43.5 Å². The van der Waals surface area contributed by atoms with E-state index in [1.165, 1.54) is 12.1 Å². The third-order valence-corrected chi connectivity index (χ3v) is 3.90. The molecule has 0 radical (unpaired) electrons.